The van der Waals surface area contributed by atoms with Crippen molar-refractivity contribution in [3.63, 3.8) is 0 Å². The second-order valence-electron chi connectivity index (χ2n) is 4.52. The predicted octanol–water partition coefficient (Wildman–Crippen LogP) is 3.13. The average Bonchev–Trinajstić information content (AvgIpc) is 2.45. The van der Waals surface area contributed by atoms with Crippen molar-refractivity contribution in [3.8, 4) is 0 Å². The van der Waals surface area contributed by atoms with Crippen LogP contribution in [0.15, 0.2) is 10.5 Å². The van der Waals surface area contributed by atoms with Crippen molar-refractivity contribution >= 4 is 0 Å². The van der Waals surface area contributed by atoms with Gasteiger partial charge in [0.05, 0.1) is 0 Å². The molecule has 1 heterocycles. The maximum absolute atomic E-state index is 5.89. The van der Waals surface area contributed by atoms with Gasteiger partial charge in [-0.05, 0) is 18.9 Å². The molecule has 2 heteroatoms. The zero-order chi connectivity index (χ0) is 10.1. The third kappa shape index (κ3) is 1.59. The van der Waals surface area contributed by atoms with E-state index in [4.69, 9.17) is 10.2 Å². The van der Waals surface area contributed by atoms with E-state index in [9.17, 15) is 0 Å². The van der Waals surface area contributed by atoms with E-state index in [0.717, 1.165) is 5.76 Å². The van der Waals surface area contributed by atoms with Crippen LogP contribution >= 0.6 is 0 Å². The van der Waals surface area contributed by atoms with E-state index in [1.54, 1.807) is 0 Å². The molecule has 0 atom stereocenters. The summed E-state index contributed by atoms with van der Waals surface area (Å²) in [5.74, 6) is 3.38. The van der Waals surface area contributed by atoms with E-state index < -0.39 is 0 Å². The van der Waals surface area contributed by atoms with Crippen molar-refractivity contribution in [2.24, 2.45) is 5.73 Å². The van der Waals surface area contributed by atoms with Crippen LogP contribution in [0.25, 0.3) is 0 Å². The van der Waals surface area contributed by atoms with Crippen molar-refractivity contribution in [2.75, 3.05) is 0 Å². The molecule has 0 spiro atoms. The van der Waals surface area contributed by atoms with Crippen molar-refractivity contribution < 1.29 is 4.42 Å². The summed E-state index contributed by atoms with van der Waals surface area (Å²) in [7, 11) is 0. The maximum Gasteiger partial charge on any atom is 0.111 e. The molecule has 1 aromatic heterocycles. The van der Waals surface area contributed by atoms with Crippen molar-refractivity contribution in [2.45, 2.75) is 51.5 Å². The molecule has 2 N–H and O–H groups in total. The first-order chi connectivity index (χ1) is 6.72. The third-order valence-electron chi connectivity index (χ3n) is 3.13. The summed E-state index contributed by atoms with van der Waals surface area (Å²) in [6, 6.07) is 2.14. The Kier molecular flexibility index (Phi) is 2.64. The minimum Gasteiger partial charge on any atom is -0.465 e. The molecule has 0 bridgehead atoms. The fourth-order valence-electron chi connectivity index (χ4n) is 1.92. The lowest BCUT2D eigenvalue weighted by Crippen LogP contribution is -2.11. The molecule has 14 heavy (non-hydrogen) atoms. The Balaban J connectivity index is 2.27. The second kappa shape index (κ2) is 3.77. The summed E-state index contributed by atoms with van der Waals surface area (Å²) >= 11 is 0. The van der Waals surface area contributed by atoms with Crippen LogP contribution in [-0.2, 0) is 6.54 Å². The predicted molar refractivity (Wildman–Crippen MR) is 57.3 cm³/mol. The van der Waals surface area contributed by atoms with Gasteiger partial charge in [-0.3, -0.25) is 0 Å². The van der Waals surface area contributed by atoms with E-state index in [1.165, 1.54) is 30.6 Å². The van der Waals surface area contributed by atoms with Crippen molar-refractivity contribution in [1.29, 1.82) is 0 Å². The van der Waals surface area contributed by atoms with Gasteiger partial charge in [0.1, 0.15) is 11.5 Å². The molecule has 1 aromatic rings. The lowest BCUT2D eigenvalue weighted by Gasteiger charge is -2.24. The maximum atomic E-state index is 5.89. The highest BCUT2D eigenvalue weighted by Crippen LogP contribution is 2.40. The van der Waals surface area contributed by atoms with Crippen LogP contribution in [0.3, 0.4) is 0 Å². The average molecular weight is 193 g/mol. The van der Waals surface area contributed by atoms with E-state index in [0.29, 0.717) is 18.4 Å². The minimum atomic E-state index is 0.467. The Labute approximate surface area is 85.5 Å². The van der Waals surface area contributed by atoms with Crippen LogP contribution < -0.4 is 5.73 Å². The third-order valence-corrected chi connectivity index (χ3v) is 3.13. The van der Waals surface area contributed by atoms with Crippen molar-refractivity contribution in [3.05, 3.63) is 23.2 Å². The summed E-state index contributed by atoms with van der Waals surface area (Å²) in [6.07, 6.45) is 3.89. The lowest BCUT2D eigenvalue weighted by atomic mass is 9.82. The normalized spacial score (nSPS) is 17.4. The van der Waals surface area contributed by atoms with E-state index >= 15 is 0 Å². The standard InChI is InChI=1S/C12H19NO/c1-8(2)11-6-10(7-13)12(14-11)9-4-3-5-9/h6,8-9H,3-5,7,13H2,1-2H3. The first-order valence-electron chi connectivity index (χ1n) is 5.55. The van der Waals surface area contributed by atoms with Gasteiger partial charge >= 0.3 is 0 Å². The minimum absolute atomic E-state index is 0.467. The number of hydrogen-bond donors (Lipinski definition) is 1. The summed E-state index contributed by atoms with van der Waals surface area (Å²) in [5.41, 5.74) is 6.94. The number of nitrogens with two attached hydrogens (primary N) is 1. The molecule has 0 aromatic carbocycles. The Morgan fingerprint density at radius 3 is 2.64 bits per heavy atom. The van der Waals surface area contributed by atoms with Crippen LogP contribution in [0.1, 0.15) is 62.0 Å². The molecule has 0 amide bonds. The zero-order valence-corrected chi connectivity index (χ0v) is 9.05. The van der Waals surface area contributed by atoms with Gasteiger partial charge in [0.15, 0.2) is 0 Å². The first kappa shape index (κ1) is 9.78. The largest absolute Gasteiger partial charge is 0.465 e. The van der Waals surface area contributed by atoms with Gasteiger partial charge < -0.3 is 10.2 Å². The molecule has 2 nitrogen and oxygen atoms in total. The molecule has 0 aliphatic heterocycles. The molecule has 78 valence electrons. The molecule has 1 aliphatic carbocycles. The van der Waals surface area contributed by atoms with Gasteiger partial charge in [0, 0.05) is 23.9 Å². The summed E-state index contributed by atoms with van der Waals surface area (Å²) in [4.78, 5) is 0. The molecule has 2 rings (SSSR count). The highest BCUT2D eigenvalue weighted by molar-refractivity contribution is 5.27. The number of furan rings is 1. The zero-order valence-electron chi connectivity index (χ0n) is 9.05. The molecule has 1 saturated carbocycles. The van der Waals surface area contributed by atoms with Gasteiger partial charge in [-0.15, -0.1) is 0 Å². The van der Waals surface area contributed by atoms with Crippen LogP contribution in [0.4, 0.5) is 0 Å². The van der Waals surface area contributed by atoms with Crippen LogP contribution in [0.5, 0.6) is 0 Å². The Hall–Kier alpha value is -0.760. The van der Waals surface area contributed by atoms with Crippen LogP contribution in [0.2, 0.25) is 0 Å². The highest BCUT2D eigenvalue weighted by atomic mass is 16.3. The van der Waals surface area contributed by atoms with Crippen LogP contribution in [-0.4, -0.2) is 0 Å². The summed E-state index contributed by atoms with van der Waals surface area (Å²) in [6.45, 7) is 4.93. The quantitative estimate of drug-likeness (QED) is 0.801. The van der Waals surface area contributed by atoms with E-state index in [1.807, 2.05) is 0 Å². The van der Waals surface area contributed by atoms with E-state index in [2.05, 4.69) is 19.9 Å². The summed E-state index contributed by atoms with van der Waals surface area (Å²) < 4.78 is 5.89. The van der Waals surface area contributed by atoms with Crippen molar-refractivity contribution in [1.82, 2.24) is 0 Å². The van der Waals surface area contributed by atoms with Gasteiger partial charge in [-0.1, -0.05) is 20.3 Å². The second-order valence-corrected chi connectivity index (χ2v) is 4.52. The fraction of sp³-hybridized carbons (Fsp3) is 0.667. The van der Waals surface area contributed by atoms with Gasteiger partial charge in [-0.2, -0.15) is 0 Å². The highest BCUT2D eigenvalue weighted by Gasteiger charge is 2.26. The Morgan fingerprint density at radius 1 is 1.50 bits per heavy atom. The van der Waals surface area contributed by atoms with Gasteiger partial charge in [-0.25, -0.2) is 0 Å². The number of rotatable bonds is 3. The summed E-state index contributed by atoms with van der Waals surface area (Å²) in [5, 5.41) is 0. The fourth-order valence-corrected chi connectivity index (χ4v) is 1.92. The SMILES string of the molecule is CC(C)c1cc(CN)c(C2CCC2)o1. The Morgan fingerprint density at radius 2 is 2.21 bits per heavy atom. The monoisotopic (exact) mass is 193 g/mol. The molecular weight excluding hydrogens is 174 g/mol. The van der Waals surface area contributed by atoms with Gasteiger partial charge in [0.25, 0.3) is 0 Å². The smallest absolute Gasteiger partial charge is 0.111 e. The molecule has 0 unspecified atom stereocenters. The lowest BCUT2D eigenvalue weighted by molar-refractivity contribution is 0.329. The number of hydrogen-bond acceptors (Lipinski definition) is 2. The first-order valence-corrected chi connectivity index (χ1v) is 5.55. The molecular formula is C12H19NO. The van der Waals surface area contributed by atoms with E-state index in [-0.39, 0.29) is 0 Å². The molecule has 1 aliphatic rings. The molecule has 0 saturated heterocycles. The topological polar surface area (TPSA) is 39.2 Å². The van der Waals surface area contributed by atoms with Gasteiger partial charge in [0.2, 0.25) is 0 Å². The van der Waals surface area contributed by atoms with Crippen LogP contribution in [0, 0.1) is 0 Å². The molecule has 1 fully saturated rings. The molecule has 0 radical (unpaired) electrons. The Bertz CT molecular complexity index is 310.